The number of anilines is 1. The summed E-state index contributed by atoms with van der Waals surface area (Å²) in [4.78, 5) is 10.5. The first-order valence-corrected chi connectivity index (χ1v) is 7.04. The third-order valence-corrected chi connectivity index (χ3v) is 3.36. The number of aromatic nitrogens is 2. The summed E-state index contributed by atoms with van der Waals surface area (Å²) in [5.41, 5.74) is 2.58. The highest BCUT2D eigenvalue weighted by molar-refractivity contribution is 6.31. The quantitative estimate of drug-likeness (QED) is 0.503. The molecule has 0 atom stereocenters. The second-order valence-electron chi connectivity index (χ2n) is 4.85. The molecule has 1 aromatic carbocycles. The fraction of sp³-hybridized carbons (Fsp3) is 0.357. The third-order valence-electron chi connectivity index (χ3n) is 3.12. The van der Waals surface area contributed by atoms with Gasteiger partial charge in [0.25, 0.3) is 5.69 Å². The molecule has 0 aliphatic carbocycles. The number of hydrogen-bond donors (Lipinski definition) is 1. The van der Waals surface area contributed by atoms with E-state index in [-0.39, 0.29) is 5.69 Å². The lowest BCUT2D eigenvalue weighted by molar-refractivity contribution is -0.384. The van der Waals surface area contributed by atoms with Crippen molar-refractivity contribution in [2.75, 3.05) is 11.9 Å². The van der Waals surface area contributed by atoms with E-state index < -0.39 is 4.92 Å². The van der Waals surface area contributed by atoms with E-state index in [1.807, 2.05) is 24.6 Å². The number of aryl methyl sites for hydroxylation is 3. The molecule has 0 saturated carbocycles. The SMILES string of the molecule is Cc1cc(C)n(CCCNc2cc(Cl)ccc2[N+](=O)[O-])n1. The van der Waals surface area contributed by atoms with Gasteiger partial charge in [-0.15, -0.1) is 0 Å². The van der Waals surface area contributed by atoms with Crippen LogP contribution >= 0.6 is 11.6 Å². The smallest absolute Gasteiger partial charge is 0.292 e. The molecular weight excluding hydrogens is 292 g/mol. The Morgan fingerprint density at radius 3 is 2.76 bits per heavy atom. The Kier molecular flexibility index (Phi) is 4.80. The third kappa shape index (κ3) is 3.95. The molecule has 112 valence electrons. The molecule has 2 rings (SSSR count). The predicted molar refractivity (Wildman–Crippen MR) is 82.9 cm³/mol. The van der Waals surface area contributed by atoms with Gasteiger partial charge in [0.2, 0.25) is 0 Å². The lowest BCUT2D eigenvalue weighted by atomic mass is 10.2. The molecule has 0 unspecified atom stereocenters. The maximum atomic E-state index is 10.9. The van der Waals surface area contributed by atoms with Crippen LogP contribution in [0.15, 0.2) is 24.3 Å². The Labute approximate surface area is 127 Å². The number of benzene rings is 1. The van der Waals surface area contributed by atoms with Crippen LogP contribution in [-0.4, -0.2) is 21.2 Å². The maximum Gasteiger partial charge on any atom is 0.292 e. The Morgan fingerprint density at radius 2 is 2.14 bits per heavy atom. The van der Waals surface area contributed by atoms with Crippen molar-refractivity contribution in [1.29, 1.82) is 0 Å². The fourth-order valence-electron chi connectivity index (χ4n) is 2.16. The molecule has 2 aromatic rings. The van der Waals surface area contributed by atoms with Crippen molar-refractivity contribution in [1.82, 2.24) is 9.78 Å². The number of halogens is 1. The zero-order valence-electron chi connectivity index (χ0n) is 12.0. The van der Waals surface area contributed by atoms with Gasteiger partial charge in [0.1, 0.15) is 5.69 Å². The maximum absolute atomic E-state index is 10.9. The van der Waals surface area contributed by atoms with E-state index in [1.165, 1.54) is 12.1 Å². The van der Waals surface area contributed by atoms with Crippen molar-refractivity contribution in [2.24, 2.45) is 0 Å². The van der Waals surface area contributed by atoms with E-state index in [0.29, 0.717) is 17.3 Å². The fourth-order valence-corrected chi connectivity index (χ4v) is 2.33. The summed E-state index contributed by atoms with van der Waals surface area (Å²) in [6.07, 6.45) is 0.811. The topological polar surface area (TPSA) is 73.0 Å². The normalized spacial score (nSPS) is 10.6. The zero-order valence-corrected chi connectivity index (χ0v) is 12.7. The summed E-state index contributed by atoms with van der Waals surface area (Å²) in [7, 11) is 0. The van der Waals surface area contributed by atoms with Crippen LogP contribution in [0.4, 0.5) is 11.4 Å². The van der Waals surface area contributed by atoms with Gasteiger partial charge in [-0.05, 0) is 38.5 Å². The molecule has 0 bridgehead atoms. The summed E-state index contributed by atoms with van der Waals surface area (Å²) in [5.74, 6) is 0. The van der Waals surface area contributed by atoms with Gasteiger partial charge in [0, 0.05) is 29.9 Å². The molecule has 1 aromatic heterocycles. The van der Waals surface area contributed by atoms with Crippen molar-refractivity contribution >= 4 is 23.0 Å². The second-order valence-corrected chi connectivity index (χ2v) is 5.29. The molecule has 1 N–H and O–H groups in total. The number of rotatable bonds is 6. The van der Waals surface area contributed by atoms with Crippen molar-refractivity contribution in [3.8, 4) is 0 Å². The van der Waals surface area contributed by atoms with E-state index in [9.17, 15) is 10.1 Å². The van der Waals surface area contributed by atoms with Gasteiger partial charge in [0.15, 0.2) is 0 Å². The van der Waals surface area contributed by atoms with Gasteiger partial charge in [0.05, 0.1) is 10.6 Å². The number of hydrogen-bond acceptors (Lipinski definition) is 4. The first-order chi connectivity index (χ1) is 9.97. The number of nitro groups is 1. The van der Waals surface area contributed by atoms with Crippen molar-refractivity contribution in [3.05, 3.63) is 50.8 Å². The second kappa shape index (κ2) is 6.58. The van der Waals surface area contributed by atoms with Crippen LogP contribution in [0, 0.1) is 24.0 Å². The minimum Gasteiger partial charge on any atom is -0.379 e. The van der Waals surface area contributed by atoms with Gasteiger partial charge in [-0.1, -0.05) is 11.6 Å². The lowest BCUT2D eigenvalue weighted by Gasteiger charge is -2.08. The van der Waals surface area contributed by atoms with Gasteiger partial charge < -0.3 is 5.32 Å². The summed E-state index contributed by atoms with van der Waals surface area (Å²) in [6, 6.07) is 6.52. The lowest BCUT2D eigenvalue weighted by Crippen LogP contribution is -2.09. The summed E-state index contributed by atoms with van der Waals surface area (Å²) < 4.78 is 1.93. The van der Waals surface area contributed by atoms with Gasteiger partial charge in [-0.3, -0.25) is 14.8 Å². The summed E-state index contributed by atoms with van der Waals surface area (Å²) in [5, 5.41) is 18.9. The Bertz CT molecular complexity index is 654. The van der Waals surface area contributed by atoms with Gasteiger partial charge in [-0.2, -0.15) is 5.10 Å². The first-order valence-electron chi connectivity index (χ1n) is 6.66. The number of nitro benzene ring substituents is 1. The van der Waals surface area contributed by atoms with Gasteiger partial charge in [-0.25, -0.2) is 0 Å². The number of nitrogens with one attached hydrogen (secondary N) is 1. The highest BCUT2D eigenvalue weighted by Gasteiger charge is 2.13. The van der Waals surface area contributed by atoms with E-state index in [4.69, 9.17) is 11.6 Å². The number of nitrogens with zero attached hydrogens (tertiary/aromatic N) is 3. The molecule has 0 radical (unpaired) electrons. The van der Waals surface area contributed by atoms with Crippen molar-refractivity contribution in [3.63, 3.8) is 0 Å². The molecule has 0 aliphatic rings. The standard InChI is InChI=1S/C14H17ClN4O2/c1-10-8-11(2)18(17-10)7-3-6-16-13-9-12(15)4-5-14(13)19(20)21/h4-5,8-9,16H,3,6-7H2,1-2H3. The molecule has 21 heavy (non-hydrogen) atoms. The highest BCUT2D eigenvalue weighted by Crippen LogP contribution is 2.27. The Balaban J connectivity index is 1.93. The van der Waals surface area contributed by atoms with Crippen molar-refractivity contribution in [2.45, 2.75) is 26.8 Å². The molecule has 1 heterocycles. The molecule has 0 aliphatic heterocycles. The zero-order chi connectivity index (χ0) is 15.4. The average molecular weight is 309 g/mol. The largest absolute Gasteiger partial charge is 0.379 e. The Morgan fingerprint density at radius 1 is 1.38 bits per heavy atom. The molecule has 0 spiro atoms. The molecule has 6 nitrogen and oxygen atoms in total. The molecule has 7 heteroatoms. The minimum atomic E-state index is -0.417. The summed E-state index contributed by atoms with van der Waals surface area (Å²) >= 11 is 5.88. The van der Waals surface area contributed by atoms with Crippen LogP contribution in [0.3, 0.4) is 0 Å². The Hall–Kier alpha value is -2.08. The van der Waals surface area contributed by atoms with E-state index >= 15 is 0 Å². The van der Waals surface area contributed by atoms with E-state index in [0.717, 1.165) is 24.4 Å². The van der Waals surface area contributed by atoms with Gasteiger partial charge >= 0.3 is 0 Å². The van der Waals surface area contributed by atoms with Crippen LogP contribution in [-0.2, 0) is 6.54 Å². The van der Waals surface area contributed by atoms with Crippen LogP contribution in [0.5, 0.6) is 0 Å². The first kappa shape index (κ1) is 15.3. The highest BCUT2D eigenvalue weighted by atomic mass is 35.5. The summed E-state index contributed by atoms with van der Waals surface area (Å²) in [6.45, 7) is 5.34. The van der Waals surface area contributed by atoms with Crippen LogP contribution < -0.4 is 5.32 Å². The van der Waals surface area contributed by atoms with Crippen LogP contribution in [0.25, 0.3) is 0 Å². The molecule has 0 amide bonds. The van der Waals surface area contributed by atoms with E-state index in [2.05, 4.69) is 10.4 Å². The van der Waals surface area contributed by atoms with E-state index in [1.54, 1.807) is 6.07 Å². The van der Waals surface area contributed by atoms with Crippen LogP contribution in [0.2, 0.25) is 5.02 Å². The predicted octanol–water partition coefficient (Wildman–Crippen LogP) is 3.56. The molecular formula is C14H17ClN4O2. The average Bonchev–Trinajstić information content (AvgIpc) is 2.73. The molecule has 0 fully saturated rings. The van der Waals surface area contributed by atoms with Crippen molar-refractivity contribution < 1.29 is 4.92 Å². The molecule has 0 saturated heterocycles. The monoisotopic (exact) mass is 308 g/mol. The minimum absolute atomic E-state index is 0.0329. The van der Waals surface area contributed by atoms with Crippen LogP contribution in [0.1, 0.15) is 17.8 Å².